The predicted octanol–water partition coefficient (Wildman–Crippen LogP) is 3.85. The molecule has 6 nitrogen and oxygen atoms in total. The molecule has 1 aliphatic rings. The van der Waals surface area contributed by atoms with Crippen molar-refractivity contribution in [3.63, 3.8) is 0 Å². The lowest BCUT2D eigenvalue weighted by atomic mass is 10.1. The molecule has 3 rings (SSSR count). The van der Waals surface area contributed by atoms with Crippen LogP contribution in [0.25, 0.3) is 0 Å². The Morgan fingerprint density at radius 3 is 2.41 bits per heavy atom. The summed E-state index contributed by atoms with van der Waals surface area (Å²) < 4.78 is 2.40. The molecule has 1 aliphatic carbocycles. The van der Waals surface area contributed by atoms with E-state index in [4.69, 9.17) is 0 Å². The molecule has 1 saturated carbocycles. The van der Waals surface area contributed by atoms with Crippen molar-refractivity contribution in [1.29, 1.82) is 0 Å². The first kappa shape index (κ1) is 21.7. The van der Waals surface area contributed by atoms with Gasteiger partial charge in [0.1, 0.15) is 5.82 Å². The maximum absolute atomic E-state index is 4.48. The van der Waals surface area contributed by atoms with Gasteiger partial charge in [-0.15, -0.1) is 10.2 Å². The van der Waals surface area contributed by atoms with Crippen LogP contribution in [0.2, 0.25) is 0 Å². The zero-order valence-corrected chi connectivity index (χ0v) is 18.5. The summed E-state index contributed by atoms with van der Waals surface area (Å²) in [5, 5.41) is 16.8. The molecule has 2 aromatic rings. The first-order valence-corrected chi connectivity index (χ1v) is 12.0. The van der Waals surface area contributed by atoms with Crippen molar-refractivity contribution in [1.82, 2.24) is 25.4 Å². The Morgan fingerprint density at radius 2 is 1.76 bits per heavy atom. The van der Waals surface area contributed by atoms with Crippen molar-refractivity contribution in [2.75, 3.05) is 26.4 Å². The third-order valence-electron chi connectivity index (χ3n) is 5.48. The van der Waals surface area contributed by atoms with Gasteiger partial charge in [0.05, 0.1) is 0 Å². The molecular formula is C22H34N6S. The normalized spacial score (nSPS) is 15.0. The molecule has 0 atom stereocenters. The van der Waals surface area contributed by atoms with Crippen molar-refractivity contribution in [2.24, 2.45) is 4.99 Å². The van der Waals surface area contributed by atoms with Crippen LogP contribution in [-0.4, -0.2) is 47.1 Å². The van der Waals surface area contributed by atoms with Crippen LogP contribution in [0.1, 0.15) is 56.0 Å². The summed E-state index contributed by atoms with van der Waals surface area (Å²) >= 11 is 1.70. The molecule has 0 amide bonds. The van der Waals surface area contributed by atoms with E-state index in [-0.39, 0.29) is 0 Å². The number of hydrogen-bond acceptors (Lipinski definition) is 4. The monoisotopic (exact) mass is 414 g/mol. The van der Waals surface area contributed by atoms with E-state index in [1.165, 1.54) is 31.2 Å². The largest absolute Gasteiger partial charge is 0.356 e. The number of aryl methyl sites for hydroxylation is 2. The molecule has 0 unspecified atom stereocenters. The Balaban J connectivity index is 1.37. The van der Waals surface area contributed by atoms with Gasteiger partial charge >= 0.3 is 0 Å². The number of rotatable bonds is 10. The Kier molecular flexibility index (Phi) is 8.86. The highest BCUT2D eigenvalue weighted by molar-refractivity contribution is 7.98. The van der Waals surface area contributed by atoms with Gasteiger partial charge in [0, 0.05) is 32.6 Å². The highest BCUT2D eigenvalue weighted by atomic mass is 32.2. The number of benzene rings is 1. The average molecular weight is 415 g/mol. The summed E-state index contributed by atoms with van der Waals surface area (Å²) in [5.74, 6) is 2.01. The summed E-state index contributed by atoms with van der Waals surface area (Å²) in [7, 11) is 1.83. The molecule has 1 fully saturated rings. The van der Waals surface area contributed by atoms with Crippen molar-refractivity contribution in [3.05, 3.63) is 41.7 Å². The molecular weight excluding hydrogens is 380 g/mol. The fourth-order valence-corrected chi connectivity index (χ4v) is 4.54. The minimum atomic E-state index is 0.592. The van der Waals surface area contributed by atoms with Crippen molar-refractivity contribution in [3.8, 4) is 0 Å². The molecule has 0 bridgehead atoms. The van der Waals surface area contributed by atoms with Gasteiger partial charge in [0.25, 0.3) is 0 Å². The van der Waals surface area contributed by atoms with E-state index in [9.17, 15) is 0 Å². The third kappa shape index (κ3) is 6.49. The standard InChI is InChI=1S/C22H34N6S/c1-23-21(24-16-8-12-18-10-4-3-5-11-18)25-17-9-15-20-26-27-22(29-2)28(20)19-13-6-7-14-19/h3-5,10-11,19H,6-9,12-17H2,1-2H3,(H2,23,24,25). The van der Waals surface area contributed by atoms with Crippen LogP contribution in [0.3, 0.4) is 0 Å². The van der Waals surface area contributed by atoms with E-state index in [1.807, 2.05) is 7.05 Å². The highest BCUT2D eigenvalue weighted by Gasteiger charge is 2.23. The Hall–Kier alpha value is -2.02. The van der Waals surface area contributed by atoms with E-state index >= 15 is 0 Å². The van der Waals surface area contributed by atoms with Gasteiger partial charge in [-0.1, -0.05) is 54.9 Å². The van der Waals surface area contributed by atoms with E-state index in [0.717, 1.165) is 55.7 Å². The minimum absolute atomic E-state index is 0.592. The molecule has 0 aliphatic heterocycles. The summed E-state index contributed by atoms with van der Waals surface area (Å²) in [6.45, 7) is 1.80. The molecule has 1 aromatic carbocycles. The minimum Gasteiger partial charge on any atom is -0.356 e. The second-order valence-corrected chi connectivity index (χ2v) is 8.30. The summed E-state index contributed by atoms with van der Waals surface area (Å²) in [4.78, 5) is 4.33. The number of aliphatic imine (C=N–C) groups is 1. The molecule has 158 valence electrons. The van der Waals surface area contributed by atoms with Crippen molar-refractivity contribution >= 4 is 17.7 Å². The molecule has 1 heterocycles. The Bertz CT molecular complexity index is 752. The zero-order chi connectivity index (χ0) is 20.3. The second-order valence-electron chi connectivity index (χ2n) is 7.53. The number of aromatic nitrogens is 3. The van der Waals surface area contributed by atoms with Crippen LogP contribution in [-0.2, 0) is 12.8 Å². The quantitative estimate of drug-likeness (QED) is 0.268. The van der Waals surface area contributed by atoms with Crippen LogP contribution >= 0.6 is 11.8 Å². The molecule has 0 spiro atoms. The van der Waals surface area contributed by atoms with Crippen LogP contribution in [0.5, 0.6) is 0 Å². The Morgan fingerprint density at radius 1 is 1.07 bits per heavy atom. The summed E-state index contributed by atoms with van der Waals surface area (Å²) in [6, 6.07) is 11.2. The van der Waals surface area contributed by atoms with E-state index in [0.29, 0.717) is 6.04 Å². The average Bonchev–Trinajstić information content (AvgIpc) is 3.42. The maximum Gasteiger partial charge on any atom is 0.191 e. The van der Waals surface area contributed by atoms with Gasteiger partial charge in [-0.25, -0.2) is 0 Å². The predicted molar refractivity (Wildman–Crippen MR) is 122 cm³/mol. The molecule has 2 N–H and O–H groups in total. The molecule has 29 heavy (non-hydrogen) atoms. The van der Waals surface area contributed by atoms with Crippen LogP contribution in [0, 0.1) is 0 Å². The van der Waals surface area contributed by atoms with Gasteiger partial charge < -0.3 is 15.2 Å². The van der Waals surface area contributed by atoms with Gasteiger partial charge in [-0.05, 0) is 43.9 Å². The zero-order valence-electron chi connectivity index (χ0n) is 17.7. The van der Waals surface area contributed by atoms with E-state index < -0.39 is 0 Å². The van der Waals surface area contributed by atoms with Crippen molar-refractivity contribution < 1.29 is 0 Å². The third-order valence-corrected chi connectivity index (χ3v) is 6.12. The fraction of sp³-hybridized carbons (Fsp3) is 0.591. The second kappa shape index (κ2) is 11.9. The molecule has 1 aromatic heterocycles. The van der Waals surface area contributed by atoms with E-state index in [2.05, 4.69) is 67.0 Å². The SMILES string of the molecule is CN=C(NCCCc1ccccc1)NCCCc1nnc(SC)n1C1CCCC1. The summed E-state index contributed by atoms with van der Waals surface area (Å²) in [6.07, 6.45) is 11.4. The number of thioether (sulfide) groups is 1. The van der Waals surface area contributed by atoms with Gasteiger partial charge in [-0.2, -0.15) is 0 Å². The first-order valence-electron chi connectivity index (χ1n) is 10.8. The number of hydrogen-bond donors (Lipinski definition) is 2. The number of nitrogens with zero attached hydrogens (tertiary/aromatic N) is 4. The summed E-state index contributed by atoms with van der Waals surface area (Å²) in [5.41, 5.74) is 1.38. The van der Waals surface area contributed by atoms with Crippen LogP contribution in [0.15, 0.2) is 40.5 Å². The van der Waals surface area contributed by atoms with E-state index in [1.54, 1.807) is 11.8 Å². The smallest absolute Gasteiger partial charge is 0.191 e. The first-order chi connectivity index (χ1) is 14.3. The fourth-order valence-electron chi connectivity index (χ4n) is 3.96. The molecule has 0 radical (unpaired) electrons. The number of nitrogens with one attached hydrogen (secondary N) is 2. The van der Waals surface area contributed by atoms with Gasteiger partial charge in [-0.3, -0.25) is 4.99 Å². The lowest BCUT2D eigenvalue weighted by Gasteiger charge is -2.16. The molecule has 7 heteroatoms. The topological polar surface area (TPSA) is 67.1 Å². The lowest BCUT2D eigenvalue weighted by Crippen LogP contribution is -2.38. The van der Waals surface area contributed by atoms with Crippen LogP contribution in [0.4, 0.5) is 0 Å². The van der Waals surface area contributed by atoms with Crippen LogP contribution < -0.4 is 10.6 Å². The molecule has 0 saturated heterocycles. The van der Waals surface area contributed by atoms with Gasteiger partial charge in [0.15, 0.2) is 11.1 Å². The van der Waals surface area contributed by atoms with Gasteiger partial charge in [0.2, 0.25) is 0 Å². The van der Waals surface area contributed by atoms with Crippen molar-refractivity contribution in [2.45, 2.75) is 62.6 Å². The number of guanidine groups is 1. The Labute approximate surface area is 179 Å². The highest BCUT2D eigenvalue weighted by Crippen LogP contribution is 2.33. The lowest BCUT2D eigenvalue weighted by molar-refractivity contribution is 0.460. The maximum atomic E-state index is 4.48.